The second kappa shape index (κ2) is 3.55. The van der Waals surface area contributed by atoms with Crippen molar-refractivity contribution in [2.45, 2.75) is 43.8 Å². The molecule has 2 nitrogen and oxygen atoms in total. The van der Waals surface area contributed by atoms with Crippen molar-refractivity contribution in [2.24, 2.45) is 5.73 Å². The molecule has 3 heteroatoms. The van der Waals surface area contributed by atoms with Crippen molar-refractivity contribution in [3.05, 3.63) is 7.05 Å². The molecule has 0 amide bonds. The normalized spacial score (nSPS) is 43.6. The molecule has 64 valence electrons. The monoisotopic (exact) mass is 323 g/mol. The average Bonchev–Trinajstić information content (AvgIpc) is 2.20. The smallest absolute Gasteiger partial charge is 0.00668 e. The Hall–Kier alpha value is 0.608. The van der Waals surface area contributed by atoms with Crippen molar-refractivity contribution in [1.29, 1.82) is 0 Å². The van der Waals surface area contributed by atoms with Crippen LogP contribution in [0.1, 0.15) is 25.7 Å². The van der Waals surface area contributed by atoms with Crippen LogP contribution in [0.15, 0.2) is 0 Å². The van der Waals surface area contributed by atoms with Gasteiger partial charge in [-0.3, -0.25) is 7.05 Å². The second-order valence-corrected chi connectivity index (χ2v) is 3.63. The molecule has 0 aromatic heterocycles. The van der Waals surface area contributed by atoms with Crippen molar-refractivity contribution >= 4 is 0 Å². The molecule has 0 spiro atoms. The molecule has 3 atom stereocenters. The van der Waals surface area contributed by atoms with E-state index in [4.69, 9.17) is 5.73 Å². The van der Waals surface area contributed by atoms with Gasteiger partial charge in [-0.2, -0.15) is 0 Å². The van der Waals surface area contributed by atoms with Crippen LogP contribution in [0.5, 0.6) is 0 Å². The quantitative estimate of drug-likeness (QED) is 0.666. The molecule has 0 aliphatic carbocycles. The molecule has 2 fully saturated rings. The Labute approximate surface area is 82.8 Å². The molecule has 2 N–H and O–H groups in total. The number of nitrogens with two attached hydrogens (primary N) is 1. The predicted octanol–water partition coefficient (Wildman–Crippen LogP) is 0.730. The molecule has 11 heavy (non-hydrogen) atoms. The molecule has 2 bridgehead atoms. The van der Waals surface area contributed by atoms with Crippen LogP contribution in [-0.4, -0.2) is 23.0 Å². The van der Waals surface area contributed by atoms with Crippen LogP contribution in [0.3, 0.4) is 0 Å². The third-order valence-electron chi connectivity index (χ3n) is 2.92. The van der Waals surface area contributed by atoms with Gasteiger partial charge in [0.25, 0.3) is 0 Å². The maximum Gasteiger partial charge on any atom is 0.00668 e. The van der Waals surface area contributed by atoms with Crippen LogP contribution in [0.25, 0.3) is 0 Å². The Bertz CT molecular complexity index is 126. The average molecular weight is 323 g/mol. The van der Waals surface area contributed by atoms with E-state index >= 15 is 0 Å². The van der Waals surface area contributed by atoms with E-state index in [9.17, 15) is 0 Å². The Kier molecular flexibility index (Phi) is 3.13. The third-order valence-corrected chi connectivity index (χ3v) is 2.92. The fraction of sp³-hybridized carbons (Fsp3) is 0.875. The number of piperidine rings is 1. The van der Waals surface area contributed by atoms with Crippen molar-refractivity contribution < 1.29 is 21.1 Å². The van der Waals surface area contributed by atoms with E-state index in [2.05, 4.69) is 11.9 Å². The van der Waals surface area contributed by atoms with Crippen LogP contribution in [0.2, 0.25) is 0 Å². The summed E-state index contributed by atoms with van der Waals surface area (Å²) < 4.78 is 0. The zero-order valence-corrected chi connectivity index (χ0v) is 9.63. The molecule has 0 aromatic rings. The van der Waals surface area contributed by atoms with Gasteiger partial charge in [-0.05, 0) is 37.8 Å². The predicted molar refractivity (Wildman–Crippen MR) is 41.2 cm³/mol. The van der Waals surface area contributed by atoms with Gasteiger partial charge in [0.2, 0.25) is 0 Å². The summed E-state index contributed by atoms with van der Waals surface area (Å²) in [6, 6.07) is 1.86. The third kappa shape index (κ3) is 1.68. The minimum Gasteiger partial charge on any atom is -0.454 e. The maximum absolute atomic E-state index is 5.86. The summed E-state index contributed by atoms with van der Waals surface area (Å²) in [5.74, 6) is 0. The van der Waals surface area contributed by atoms with Crippen molar-refractivity contribution in [2.75, 3.05) is 0 Å². The summed E-state index contributed by atoms with van der Waals surface area (Å²) in [4.78, 5) is 2.27. The Balaban J connectivity index is 0.000000605. The van der Waals surface area contributed by atoms with E-state index in [1.807, 2.05) is 0 Å². The molecular formula is C8H15N2W-. The first-order valence-electron chi connectivity index (χ1n) is 4.12. The van der Waals surface area contributed by atoms with Crippen LogP contribution < -0.4 is 5.73 Å². The molecule has 2 rings (SSSR count). The maximum atomic E-state index is 5.86. The zero-order valence-electron chi connectivity index (χ0n) is 6.70. The zero-order chi connectivity index (χ0) is 7.14. The summed E-state index contributed by atoms with van der Waals surface area (Å²) in [5, 5.41) is 0. The van der Waals surface area contributed by atoms with Gasteiger partial charge in [0.15, 0.2) is 0 Å². The van der Waals surface area contributed by atoms with Gasteiger partial charge >= 0.3 is 0 Å². The van der Waals surface area contributed by atoms with Gasteiger partial charge in [-0.1, -0.05) is 0 Å². The fourth-order valence-electron chi connectivity index (χ4n) is 2.32. The Morgan fingerprint density at radius 3 is 2.09 bits per heavy atom. The van der Waals surface area contributed by atoms with Crippen LogP contribution in [-0.2, 0) is 21.1 Å². The van der Waals surface area contributed by atoms with E-state index in [0.717, 1.165) is 0 Å². The number of hydrogen-bond acceptors (Lipinski definition) is 2. The summed E-state index contributed by atoms with van der Waals surface area (Å²) >= 11 is 0. The molecule has 1 unspecified atom stereocenters. The van der Waals surface area contributed by atoms with E-state index in [1.165, 1.54) is 25.7 Å². The molecule has 2 aliphatic rings. The van der Waals surface area contributed by atoms with Gasteiger partial charge < -0.3 is 10.6 Å². The topological polar surface area (TPSA) is 29.3 Å². The first kappa shape index (κ1) is 9.69. The molecule has 0 radical (unpaired) electrons. The Morgan fingerprint density at radius 2 is 1.64 bits per heavy atom. The van der Waals surface area contributed by atoms with Crippen molar-refractivity contribution in [1.82, 2.24) is 4.90 Å². The summed E-state index contributed by atoms with van der Waals surface area (Å²) in [5.41, 5.74) is 5.86. The number of nitrogens with zero attached hydrogens (tertiary/aromatic N) is 1. The summed E-state index contributed by atoms with van der Waals surface area (Å²) in [6.45, 7) is 0. The van der Waals surface area contributed by atoms with Crippen molar-refractivity contribution in [3.8, 4) is 0 Å². The standard InChI is InChI=1S/C8H15N2.W/c1-10-7-2-3-8(10)5-6(9)4-7;/h6-8H,1-5,9H2;/q-1;/t6?,7-,8+;. The summed E-state index contributed by atoms with van der Waals surface area (Å²) in [7, 11) is 4.03. The molecule has 2 heterocycles. The first-order chi connectivity index (χ1) is 4.77. The molecule has 2 saturated heterocycles. The van der Waals surface area contributed by atoms with Crippen LogP contribution in [0.4, 0.5) is 0 Å². The molecule has 0 saturated carbocycles. The minimum atomic E-state index is 0. The van der Waals surface area contributed by atoms with E-state index in [1.54, 1.807) is 0 Å². The van der Waals surface area contributed by atoms with Gasteiger partial charge in [0, 0.05) is 27.1 Å². The van der Waals surface area contributed by atoms with Gasteiger partial charge in [-0.25, -0.2) is 0 Å². The fourth-order valence-corrected chi connectivity index (χ4v) is 2.32. The minimum absolute atomic E-state index is 0. The van der Waals surface area contributed by atoms with E-state index < -0.39 is 0 Å². The Morgan fingerprint density at radius 1 is 1.18 bits per heavy atom. The SMILES string of the molecule is [CH2-]N1[C@@H]2CC[C@H]1CC(N)C2.[W]. The van der Waals surface area contributed by atoms with Crippen molar-refractivity contribution in [3.63, 3.8) is 0 Å². The molecule has 0 aromatic carbocycles. The van der Waals surface area contributed by atoms with E-state index in [0.29, 0.717) is 18.1 Å². The molecular weight excluding hydrogens is 308 g/mol. The van der Waals surface area contributed by atoms with Crippen LogP contribution >= 0.6 is 0 Å². The summed E-state index contributed by atoms with van der Waals surface area (Å²) in [6.07, 6.45) is 4.98. The second-order valence-electron chi connectivity index (χ2n) is 3.63. The largest absolute Gasteiger partial charge is 0.454 e. The number of rotatable bonds is 0. The van der Waals surface area contributed by atoms with Gasteiger partial charge in [0.1, 0.15) is 0 Å². The number of hydrogen-bond donors (Lipinski definition) is 1. The van der Waals surface area contributed by atoms with Crippen LogP contribution in [0, 0.1) is 7.05 Å². The molecule has 2 aliphatic heterocycles. The van der Waals surface area contributed by atoms with E-state index in [-0.39, 0.29) is 21.1 Å². The van der Waals surface area contributed by atoms with Gasteiger partial charge in [-0.15, -0.1) is 0 Å². The number of fused-ring (bicyclic) bond motifs is 2. The van der Waals surface area contributed by atoms with Gasteiger partial charge in [0.05, 0.1) is 0 Å². The first-order valence-corrected chi connectivity index (χ1v) is 4.12.